The van der Waals surface area contributed by atoms with Crippen molar-refractivity contribution in [3.63, 3.8) is 0 Å². The highest BCUT2D eigenvalue weighted by Gasteiger charge is 2.33. The number of nitrogens with one attached hydrogen (secondary N) is 1. The van der Waals surface area contributed by atoms with Crippen LogP contribution in [-0.4, -0.2) is 43.6 Å². The van der Waals surface area contributed by atoms with Crippen LogP contribution >= 0.6 is 0 Å². The Morgan fingerprint density at radius 3 is 2.45 bits per heavy atom. The molecule has 0 aliphatic carbocycles. The molecule has 0 aromatic heterocycles. The quantitative estimate of drug-likeness (QED) is 0.927. The molecule has 0 spiro atoms. The summed E-state index contributed by atoms with van der Waals surface area (Å²) in [5.74, 6) is 1.60. The Balaban J connectivity index is 1.70. The lowest BCUT2D eigenvalue weighted by atomic mass is 9.92. The minimum Gasteiger partial charge on any atom is -0.364 e. The van der Waals surface area contributed by atoms with E-state index in [9.17, 15) is 4.79 Å². The zero-order chi connectivity index (χ0) is 15.4. The van der Waals surface area contributed by atoms with Gasteiger partial charge in [0.2, 0.25) is 0 Å². The average Bonchev–Trinajstić information content (AvgIpc) is 2.91. The van der Waals surface area contributed by atoms with Crippen LogP contribution in [0.25, 0.3) is 0 Å². The molecule has 1 aromatic carbocycles. The van der Waals surface area contributed by atoms with Gasteiger partial charge in [-0.1, -0.05) is 30.3 Å². The van der Waals surface area contributed by atoms with Crippen LogP contribution in [0.15, 0.2) is 30.3 Å². The summed E-state index contributed by atoms with van der Waals surface area (Å²) in [6.07, 6.45) is 1.76. The van der Waals surface area contributed by atoms with Crippen LogP contribution in [0.4, 0.5) is 0 Å². The number of ether oxygens (including phenoxy) is 1. The highest BCUT2D eigenvalue weighted by atomic mass is 16.5. The fourth-order valence-corrected chi connectivity index (χ4v) is 3.71. The number of benzene rings is 1. The van der Waals surface area contributed by atoms with Crippen LogP contribution in [0.1, 0.15) is 31.4 Å². The first-order valence-electron chi connectivity index (χ1n) is 8.45. The second-order valence-electron chi connectivity index (χ2n) is 6.33. The largest absolute Gasteiger partial charge is 0.364 e. The summed E-state index contributed by atoms with van der Waals surface area (Å²) < 4.78 is 5.77. The van der Waals surface area contributed by atoms with E-state index in [2.05, 4.69) is 5.32 Å². The number of hydrogen-bond acceptors (Lipinski definition) is 3. The van der Waals surface area contributed by atoms with Gasteiger partial charge in [0.05, 0.1) is 0 Å². The van der Waals surface area contributed by atoms with Gasteiger partial charge in [0.1, 0.15) is 0 Å². The van der Waals surface area contributed by atoms with Crippen molar-refractivity contribution in [1.82, 2.24) is 10.2 Å². The second-order valence-corrected chi connectivity index (χ2v) is 6.33. The molecule has 22 heavy (non-hydrogen) atoms. The molecule has 1 aromatic rings. The lowest BCUT2D eigenvalue weighted by Crippen LogP contribution is -2.37. The molecule has 120 valence electrons. The van der Waals surface area contributed by atoms with Crippen molar-refractivity contribution in [2.75, 3.05) is 32.8 Å². The highest BCUT2D eigenvalue weighted by molar-refractivity contribution is 5.82. The smallest absolute Gasteiger partial charge is 0.256 e. The zero-order valence-corrected chi connectivity index (χ0v) is 13.3. The Labute approximate surface area is 132 Å². The van der Waals surface area contributed by atoms with Gasteiger partial charge >= 0.3 is 0 Å². The van der Waals surface area contributed by atoms with E-state index in [4.69, 9.17) is 4.74 Å². The molecule has 1 unspecified atom stereocenters. The molecule has 3 rings (SSSR count). The highest BCUT2D eigenvalue weighted by Crippen LogP contribution is 2.29. The Hall–Kier alpha value is -1.39. The molecule has 2 heterocycles. The predicted octanol–water partition coefficient (Wildman–Crippen LogP) is 2.22. The topological polar surface area (TPSA) is 41.6 Å². The van der Waals surface area contributed by atoms with E-state index in [1.165, 1.54) is 0 Å². The molecular weight excluding hydrogens is 276 g/mol. The molecule has 2 aliphatic rings. The van der Waals surface area contributed by atoms with Gasteiger partial charge in [-0.25, -0.2) is 0 Å². The van der Waals surface area contributed by atoms with Gasteiger partial charge in [0.25, 0.3) is 5.91 Å². The van der Waals surface area contributed by atoms with Crippen LogP contribution in [0.5, 0.6) is 0 Å². The standard InChI is InChI=1S/C18H26N2O2/c1-2-22-17(14-6-4-3-5-7-14)18(21)20-10-8-15-12-19-13-16(15)9-11-20/h3-7,15-17,19H,2,8-13H2,1H3/t15-,16+,17?. The zero-order valence-electron chi connectivity index (χ0n) is 13.3. The van der Waals surface area contributed by atoms with Crippen molar-refractivity contribution in [2.45, 2.75) is 25.9 Å². The van der Waals surface area contributed by atoms with E-state index < -0.39 is 6.10 Å². The van der Waals surface area contributed by atoms with Crippen LogP contribution in [0, 0.1) is 11.8 Å². The van der Waals surface area contributed by atoms with Crippen molar-refractivity contribution in [3.8, 4) is 0 Å². The molecule has 1 N–H and O–H groups in total. The minimum atomic E-state index is -0.456. The van der Waals surface area contributed by atoms with Crippen LogP contribution in [-0.2, 0) is 9.53 Å². The first kappa shape index (κ1) is 15.5. The first-order chi connectivity index (χ1) is 10.8. The van der Waals surface area contributed by atoms with Crippen molar-refractivity contribution in [1.29, 1.82) is 0 Å². The lowest BCUT2D eigenvalue weighted by Gasteiger charge is -2.26. The first-order valence-corrected chi connectivity index (χ1v) is 8.45. The van der Waals surface area contributed by atoms with E-state index in [1.54, 1.807) is 0 Å². The summed E-state index contributed by atoms with van der Waals surface area (Å²) in [6.45, 7) is 6.44. The summed E-state index contributed by atoms with van der Waals surface area (Å²) in [7, 11) is 0. The third-order valence-electron chi connectivity index (χ3n) is 4.99. The van der Waals surface area contributed by atoms with E-state index in [0.29, 0.717) is 6.61 Å². The number of hydrogen-bond donors (Lipinski definition) is 1. The Morgan fingerprint density at radius 2 is 1.86 bits per heavy atom. The van der Waals surface area contributed by atoms with Crippen molar-refractivity contribution in [2.24, 2.45) is 11.8 Å². The molecule has 4 nitrogen and oxygen atoms in total. The third kappa shape index (κ3) is 3.33. The van der Waals surface area contributed by atoms with Gasteiger partial charge in [0.15, 0.2) is 6.10 Å². The SMILES string of the molecule is CCOC(C(=O)N1CC[C@@H]2CNC[C@@H]2CC1)c1ccccc1. The van der Waals surface area contributed by atoms with E-state index in [0.717, 1.165) is 56.4 Å². The molecule has 2 aliphatic heterocycles. The number of nitrogens with zero attached hydrogens (tertiary/aromatic N) is 1. The molecule has 2 saturated heterocycles. The molecule has 4 heteroatoms. The second kappa shape index (κ2) is 7.25. The fourth-order valence-electron chi connectivity index (χ4n) is 3.71. The van der Waals surface area contributed by atoms with Crippen molar-refractivity contribution < 1.29 is 9.53 Å². The third-order valence-corrected chi connectivity index (χ3v) is 4.99. The van der Waals surface area contributed by atoms with Gasteiger partial charge < -0.3 is 15.0 Å². The average molecular weight is 302 g/mol. The molecular formula is C18H26N2O2. The predicted molar refractivity (Wildman–Crippen MR) is 86.5 cm³/mol. The summed E-state index contributed by atoms with van der Waals surface area (Å²) in [5.41, 5.74) is 0.959. The maximum absolute atomic E-state index is 12.9. The fraction of sp³-hybridized carbons (Fsp3) is 0.611. The number of fused-ring (bicyclic) bond motifs is 1. The molecule has 0 radical (unpaired) electrons. The maximum atomic E-state index is 12.9. The van der Waals surface area contributed by atoms with E-state index >= 15 is 0 Å². The van der Waals surface area contributed by atoms with Gasteiger partial charge in [-0.2, -0.15) is 0 Å². The minimum absolute atomic E-state index is 0.126. The summed E-state index contributed by atoms with van der Waals surface area (Å²) >= 11 is 0. The van der Waals surface area contributed by atoms with E-state index in [1.807, 2.05) is 42.2 Å². The van der Waals surface area contributed by atoms with Gasteiger partial charge in [-0.15, -0.1) is 0 Å². The Kier molecular flexibility index (Phi) is 5.11. The van der Waals surface area contributed by atoms with Crippen molar-refractivity contribution in [3.05, 3.63) is 35.9 Å². The number of carbonyl (C=O) groups is 1. The molecule has 2 fully saturated rings. The molecule has 3 atom stereocenters. The maximum Gasteiger partial charge on any atom is 0.256 e. The molecule has 0 saturated carbocycles. The Bertz CT molecular complexity index is 477. The van der Waals surface area contributed by atoms with E-state index in [-0.39, 0.29) is 5.91 Å². The normalized spacial score (nSPS) is 26.3. The number of amides is 1. The monoisotopic (exact) mass is 302 g/mol. The number of likely N-dealkylation sites (tertiary alicyclic amines) is 1. The van der Waals surface area contributed by atoms with Crippen LogP contribution in [0.3, 0.4) is 0 Å². The lowest BCUT2D eigenvalue weighted by molar-refractivity contribution is -0.144. The number of rotatable bonds is 4. The summed E-state index contributed by atoms with van der Waals surface area (Å²) in [5, 5.41) is 3.48. The summed E-state index contributed by atoms with van der Waals surface area (Å²) in [4.78, 5) is 15.0. The van der Waals surface area contributed by atoms with Crippen LogP contribution < -0.4 is 5.32 Å². The summed E-state index contributed by atoms with van der Waals surface area (Å²) in [6, 6.07) is 9.86. The molecule has 0 bridgehead atoms. The van der Waals surface area contributed by atoms with Gasteiger partial charge in [-0.05, 0) is 50.3 Å². The van der Waals surface area contributed by atoms with Crippen LogP contribution in [0.2, 0.25) is 0 Å². The Morgan fingerprint density at radius 1 is 1.23 bits per heavy atom. The van der Waals surface area contributed by atoms with Crippen molar-refractivity contribution >= 4 is 5.91 Å². The number of carbonyl (C=O) groups excluding carboxylic acids is 1. The van der Waals surface area contributed by atoms with Gasteiger partial charge in [0, 0.05) is 19.7 Å². The molecule has 1 amide bonds. The van der Waals surface area contributed by atoms with Gasteiger partial charge in [-0.3, -0.25) is 4.79 Å².